The third-order valence-electron chi connectivity index (χ3n) is 4.00. The molecule has 0 saturated heterocycles. The van der Waals surface area contributed by atoms with Gasteiger partial charge in [-0.25, -0.2) is 0 Å². The highest BCUT2D eigenvalue weighted by molar-refractivity contribution is 5.97. The number of carboxylic acid groups (broad SMARTS) is 1. The predicted octanol–water partition coefficient (Wildman–Crippen LogP) is 2.83. The van der Waals surface area contributed by atoms with Crippen molar-refractivity contribution < 1.29 is 24.5 Å². The standard InChI is InChI=1S/C19H21NO5/c1-12-7-8-15(16(21)9-12)18(24)20-19(2,11-17(22)23)13-5-4-6-14(10-13)25-3/h4-10,21H,11H2,1-3H3,(H,20,24)(H,22,23). The summed E-state index contributed by atoms with van der Waals surface area (Å²) in [6, 6.07) is 11.6. The van der Waals surface area contributed by atoms with E-state index >= 15 is 0 Å². The van der Waals surface area contributed by atoms with E-state index < -0.39 is 17.4 Å². The summed E-state index contributed by atoms with van der Waals surface area (Å²) in [7, 11) is 1.51. The van der Waals surface area contributed by atoms with E-state index in [0.717, 1.165) is 5.56 Å². The molecule has 3 N–H and O–H groups in total. The summed E-state index contributed by atoms with van der Waals surface area (Å²) in [5, 5.41) is 22.0. The van der Waals surface area contributed by atoms with Crippen LogP contribution in [0.25, 0.3) is 0 Å². The van der Waals surface area contributed by atoms with Crippen LogP contribution in [0.15, 0.2) is 42.5 Å². The second-order valence-electron chi connectivity index (χ2n) is 6.11. The number of hydrogen-bond donors (Lipinski definition) is 3. The summed E-state index contributed by atoms with van der Waals surface area (Å²) in [6.07, 6.45) is -0.321. The van der Waals surface area contributed by atoms with E-state index in [1.165, 1.54) is 19.2 Å². The van der Waals surface area contributed by atoms with Crippen LogP contribution in [0.2, 0.25) is 0 Å². The quantitative estimate of drug-likeness (QED) is 0.749. The van der Waals surface area contributed by atoms with Crippen molar-refractivity contribution in [1.82, 2.24) is 5.32 Å². The van der Waals surface area contributed by atoms with Gasteiger partial charge < -0.3 is 20.3 Å². The molecule has 0 aliphatic rings. The van der Waals surface area contributed by atoms with Gasteiger partial charge in [0.15, 0.2) is 0 Å². The smallest absolute Gasteiger partial charge is 0.306 e. The van der Waals surface area contributed by atoms with E-state index in [9.17, 15) is 19.8 Å². The maximum Gasteiger partial charge on any atom is 0.306 e. The fourth-order valence-corrected chi connectivity index (χ4v) is 2.64. The summed E-state index contributed by atoms with van der Waals surface area (Å²) < 4.78 is 5.18. The SMILES string of the molecule is COc1cccc(C(C)(CC(=O)O)NC(=O)c2ccc(C)cc2O)c1. The first kappa shape index (κ1) is 18.3. The Hall–Kier alpha value is -3.02. The first-order valence-corrected chi connectivity index (χ1v) is 7.73. The van der Waals surface area contributed by atoms with E-state index in [0.29, 0.717) is 11.3 Å². The monoisotopic (exact) mass is 343 g/mol. The van der Waals surface area contributed by atoms with Gasteiger partial charge in [-0.3, -0.25) is 9.59 Å². The van der Waals surface area contributed by atoms with Crippen LogP contribution in [-0.4, -0.2) is 29.2 Å². The second kappa shape index (κ2) is 7.25. The molecule has 0 bridgehead atoms. The van der Waals surface area contributed by atoms with Crippen molar-refractivity contribution in [3.8, 4) is 11.5 Å². The van der Waals surface area contributed by atoms with Crippen LogP contribution in [-0.2, 0) is 10.3 Å². The van der Waals surface area contributed by atoms with E-state index in [2.05, 4.69) is 5.32 Å². The number of phenols is 1. The number of benzene rings is 2. The van der Waals surface area contributed by atoms with Crippen LogP contribution in [0.1, 0.15) is 34.8 Å². The summed E-state index contributed by atoms with van der Waals surface area (Å²) >= 11 is 0. The minimum absolute atomic E-state index is 0.0881. The molecule has 1 atom stereocenters. The Morgan fingerprint density at radius 1 is 1.20 bits per heavy atom. The van der Waals surface area contributed by atoms with Crippen molar-refractivity contribution in [2.45, 2.75) is 25.8 Å². The maximum absolute atomic E-state index is 12.6. The largest absolute Gasteiger partial charge is 0.507 e. The van der Waals surface area contributed by atoms with Crippen molar-refractivity contribution >= 4 is 11.9 Å². The lowest BCUT2D eigenvalue weighted by Gasteiger charge is -2.30. The van der Waals surface area contributed by atoms with E-state index in [1.54, 1.807) is 44.2 Å². The van der Waals surface area contributed by atoms with Crippen molar-refractivity contribution in [3.63, 3.8) is 0 Å². The molecule has 2 aromatic carbocycles. The van der Waals surface area contributed by atoms with Gasteiger partial charge in [0.2, 0.25) is 0 Å². The van der Waals surface area contributed by atoms with Crippen LogP contribution >= 0.6 is 0 Å². The average Bonchev–Trinajstić information content (AvgIpc) is 2.53. The molecule has 0 aliphatic carbocycles. The van der Waals surface area contributed by atoms with E-state index in [1.807, 2.05) is 0 Å². The number of carbonyl (C=O) groups is 2. The highest BCUT2D eigenvalue weighted by Crippen LogP contribution is 2.29. The molecule has 0 aromatic heterocycles. The number of aliphatic carboxylic acids is 1. The Bertz CT molecular complexity index is 802. The summed E-state index contributed by atoms with van der Waals surface area (Å²) in [6.45, 7) is 3.42. The normalized spacial score (nSPS) is 12.9. The average molecular weight is 343 g/mol. The summed E-state index contributed by atoms with van der Waals surface area (Å²) in [4.78, 5) is 23.9. The topological polar surface area (TPSA) is 95.9 Å². The third kappa shape index (κ3) is 4.29. The first-order valence-electron chi connectivity index (χ1n) is 7.73. The van der Waals surface area contributed by atoms with Crippen molar-refractivity contribution in [2.24, 2.45) is 0 Å². The van der Waals surface area contributed by atoms with Gasteiger partial charge in [-0.05, 0) is 49.2 Å². The number of rotatable bonds is 6. The zero-order chi connectivity index (χ0) is 18.6. The second-order valence-corrected chi connectivity index (χ2v) is 6.11. The number of phenolic OH excluding ortho intramolecular Hbond substituents is 1. The number of nitrogens with one attached hydrogen (secondary N) is 1. The van der Waals surface area contributed by atoms with Crippen LogP contribution in [0.3, 0.4) is 0 Å². The molecule has 2 aromatic rings. The van der Waals surface area contributed by atoms with Gasteiger partial charge >= 0.3 is 5.97 Å². The molecule has 0 heterocycles. The lowest BCUT2D eigenvalue weighted by Crippen LogP contribution is -2.45. The van der Waals surface area contributed by atoms with Crippen molar-refractivity contribution in [2.75, 3.05) is 7.11 Å². The van der Waals surface area contributed by atoms with Gasteiger partial charge in [-0.15, -0.1) is 0 Å². The number of hydrogen-bond acceptors (Lipinski definition) is 4. The molecule has 0 fully saturated rings. The predicted molar refractivity (Wildman–Crippen MR) is 92.9 cm³/mol. The molecule has 6 nitrogen and oxygen atoms in total. The number of ether oxygens (including phenoxy) is 1. The van der Waals surface area contributed by atoms with E-state index in [4.69, 9.17) is 4.74 Å². The minimum Gasteiger partial charge on any atom is -0.507 e. The Kier molecular flexibility index (Phi) is 5.32. The maximum atomic E-state index is 12.6. The van der Waals surface area contributed by atoms with Gasteiger partial charge in [-0.1, -0.05) is 18.2 Å². The Morgan fingerprint density at radius 2 is 1.92 bits per heavy atom. The van der Waals surface area contributed by atoms with Gasteiger partial charge in [0.05, 0.1) is 24.6 Å². The molecule has 1 amide bonds. The molecule has 0 radical (unpaired) electrons. The van der Waals surface area contributed by atoms with Gasteiger partial charge in [-0.2, -0.15) is 0 Å². The highest BCUT2D eigenvalue weighted by Gasteiger charge is 2.32. The van der Waals surface area contributed by atoms with Gasteiger partial charge in [0, 0.05) is 0 Å². The Balaban J connectivity index is 2.39. The van der Waals surface area contributed by atoms with Gasteiger partial charge in [0.25, 0.3) is 5.91 Å². The number of aryl methyl sites for hydroxylation is 1. The van der Waals surface area contributed by atoms with Gasteiger partial charge in [0.1, 0.15) is 11.5 Å². The Labute approximate surface area is 146 Å². The fraction of sp³-hybridized carbons (Fsp3) is 0.263. The van der Waals surface area contributed by atoms with Crippen molar-refractivity contribution in [1.29, 1.82) is 0 Å². The molecule has 0 saturated carbocycles. The number of amides is 1. The lowest BCUT2D eigenvalue weighted by molar-refractivity contribution is -0.138. The molecule has 132 valence electrons. The number of aromatic hydroxyl groups is 1. The first-order chi connectivity index (χ1) is 11.7. The molecule has 6 heteroatoms. The summed E-state index contributed by atoms with van der Waals surface area (Å²) in [5.41, 5.74) is 0.323. The number of methoxy groups -OCH3 is 1. The van der Waals surface area contributed by atoms with Crippen LogP contribution in [0.4, 0.5) is 0 Å². The van der Waals surface area contributed by atoms with Crippen LogP contribution < -0.4 is 10.1 Å². The van der Waals surface area contributed by atoms with E-state index in [-0.39, 0.29) is 17.7 Å². The molecular weight excluding hydrogens is 322 g/mol. The molecule has 1 unspecified atom stereocenters. The molecule has 25 heavy (non-hydrogen) atoms. The number of carbonyl (C=O) groups excluding carboxylic acids is 1. The highest BCUT2D eigenvalue weighted by atomic mass is 16.5. The molecule has 0 spiro atoms. The minimum atomic E-state index is -1.17. The molecule has 2 rings (SSSR count). The lowest BCUT2D eigenvalue weighted by atomic mass is 9.88. The number of carboxylic acids is 1. The van der Waals surface area contributed by atoms with Crippen LogP contribution in [0, 0.1) is 6.92 Å². The Morgan fingerprint density at radius 3 is 2.52 bits per heavy atom. The zero-order valence-electron chi connectivity index (χ0n) is 14.4. The fourth-order valence-electron chi connectivity index (χ4n) is 2.64. The molecule has 0 aliphatic heterocycles. The van der Waals surface area contributed by atoms with Crippen LogP contribution in [0.5, 0.6) is 11.5 Å². The summed E-state index contributed by atoms with van der Waals surface area (Å²) in [5.74, 6) is -1.20. The molecular formula is C19H21NO5. The third-order valence-corrected chi connectivity index (χ3v) is 4.00. The zero-order valence-corrected chi connectivity index (χ0v) is 14.4. The van der Waals surface area contributed by atoms with Crippen molar-refractivity contribution in [3.05, 3.63) is 59.2 Å².